The minimum Gasteiger partial charge on any atom is -0.457 e. The van der Waals surface area contributed by atoms with Gasteiger partial charge < -0.3 is 4.42 Å². The van der Waals surface area contributed by atoms with E-state index < -0.39 is 0 Å². The Balaban J connectivity index is 1.37. The molecule has 7 rings (SSSR count). The van der Waals surface area contributed by atoms with Crippen LogP contribution < -0.4 is 14.9 Å². The van der Waals surface area contributed by atoms with Crippen LogP contribution in [0.4, 0.5) is 5.69 Å². The van der Waals surface area contributed by atoms with E-state index in [2.05, 4.69) is 12.1 Å². The molecule has 0 amide bonds. The molecular formula is C33H24ClN3O4S. The second kappa shape index (κ2) is 10.1. The lowest BCUT2D eigenvalue weighted by Crippen LogP contribution is -2.38. The molecule has 0 fully saturated rings. The fourth-order valence-corrected chi connectivity index (χ4v) is 6.96. The van der Waals surface area contributed by atoms with Crippen LogP contribution in [-0.4, -0.2) is 9.49 Å². The summed E-state index contributed by atoms with van der Waals surface area (Å²) in [6.45, 7) is 3.57. The Morgan fingerprint density at radius 3 is 2.64 bits per heavy atom. The van der Waals surface area contributed by atoms with Gasteiger partial charge in [-0.25, -0.2) is 4.99 Å². The van der Waals surface area contributed by atoms with Crippen LogP contribution >= 0.6 is 22.9 Å². The molecule has 0 N–H and O–H groups in total. The number of nitro benzene ring substituents is 1. The van der Waals surface area contributed by atoms with Crippen molar-refractivity contribution < 1.29 is 9.34 Å². The van der Waals surface area contributed by atoms with Gasteiger partial charge in [-0.2, -0.15) is 0 Å². The molecule has 0 bridgehead atoms. The maximum atomic E-state index is 14.0. The van der Waals surface area contributed by atoms with E-state index in [1.807, 2.05) is 49.4 Å². The molecule has 5 aromatic rings. The first kappa shape index (κ1) is 26.4. The third kappa shape index (κ3) is 4.35. The number of hydrogen-bond acceptors (Lipinski definition) is 6. The van der Waals surface area contributed by atoms with Crippen molar-refractivity contribution in [3.8, 4) is 11.3 Å². The zero-order valence-corrected chi connectivity index (χ0v) is 24.3. The van der Waals surface area contributed by atoms with E-state index in [1.165, 1.54) is 23.0 Å². The fourth-order valence-electron chi connectivity index (χ4n) is 5.85. The number of thiazole rings is 1. The second-order valence-corrected chi connectivity index (χ2v) is 12.0. The fraction of sp³-hybridized carbons (Fsp3) is 0.152. The van der Waals surface area contributed by atoms with E-state index >= 15 is 0 Å². The van der Waals surface area contributed by atoms with Crippen molar-refractivity contribution in [2.24, 2.45) is 4.99 Å². The summed E-state index contributed by atoms with van der Waals surface area (Å²) in [6.07, 6.45) is 3.40. The zero-order chi connectivity index (χ0) is 29.1. The highest BCUT2D eigenvalue weighted by molar-refractivity contribution is 7.07. The van der Waals surface area contributed by atoms with Gasteiger partial charge in [-0.3, -0.25) is 19.5 Å². The minimum atomic E-state index is -0.383. The third-order valence-electron chi connectivity index (χ3n) is 8.08. The highest BCUT2D eigenvalue weighted by Gasteiger charge is 2.32. The SMILES string of the molecule is Cc1cc(-c2ccc(/C=c3/sc4n(c3=O)[C@@H](c3ccc(Cl)cc3)C3=C(N=4)c4ccccc4CC3)o2)cc([N+](=O)[O-])c1C. The lowest BCUT2D eigenvalue weighted by atomic mass is 9.83. The van der Waals surface area contributed by atoms with Crippen molar-refractivity contribution in [3.63, 3.8) is 0 Å². The Bertz CT molecular complexity index is 2140. The van der Waals surface area contributed by atoms with E-state index in [4.69, 9.17) is 21.0 Å². The smallest absolute Gasteiger partial charge is 0.273 e. The first-order valence-electron chi connectivity index (χ1n) is 13.5. The summed E-state index contributed by atoms with van der Waals surface area (Å²) in [5.74, 6) is 0.972. The molecule has 0 spiro atoms. The number of fused-ring (bicyclic) bond motifs is 3. The van der Waals surface area contributed by atoms with Crippen LogP contribution in [0.5, 0.6) is 0 Å². The number of halogens is 1. The van der Waals surface area contributed by atoms with Crippen molar-refractivity contribution in [1.82, 2.24) is 4.57 Å². The van der Waals surface area contributed by atoms with E-state index in [1.54, 1.807) is 29.7 Å². The maximum absolute atomic E-state index is 14.0. The molecule has 42 heavy (non-hydrogen) atoms. The Kier molecular flexibility index (Phi) is 6.33. The molecule has 0 saturated heterocycles. The number of furan rings is 1. The summed E-state index contributed by atoms with van der Waals surface area (Å²) in [4.78, 5) is 30.8. The number of rotatable bonds is 4. The van der Waals surface area contributed by atoms with Gasteiger partial charge in [0.1, 0.15) is 11.5 Å². The molecule has 7 nitrogen and oxygen atoms in total. The van der Waals surface area contributed by atoms with Crippen LogP contribution in [-0.2, 0) is 6.42 Å². The monoisotopic (exact) mass is 593 g/mol. The Morgan fingerprint density at radius 1 is 1.07 bits per heavy atom. The first-order valence-corrected chi connectivity index (χ1v) is 14.7. The quantitative estimate of drug-likeness (QED) is 0.170. The highest BCUT2D eigenvalue weighted by Crippen LogP contribution is 2.41. The molecule has 1 aliphatic carbocycles. The van der Waals surface area contributed by atoms with Gasteiger partial charge in [-0.15, -0.1) is 0 Å². The number of aryl methyl sites for hydroxylation is 2. The zero-order valence-electron chi connectivity index (χ0n) is 22.8. The van der Waals surface area contributed by atoms with E-state index in [0.29, 0.717) is 37.0 Å². The van der Waals surface area contributed by atoms with Crippen LogP contribution in [0.25, 0.3) is 23.1 Å². The van der Waals surface area contributed by atoms with Gasteiger partial charge in [0.15, 0.2) is 4.80 Å². The van der Waals surface area contributed by atoms with Crippen molar-refractivity contribution in [2.75, 3.05) is 0 Å². The largest absolute Gasteiger partial charge is 0.457 e. The van der Waals surface area contributed by atoms with Gasteiger partial charge in [0.05, 0.1) is 21.2 Å². The van der Waals surface area contributed by atoms with Gasteiger partial charge in [0.2, 0.25) is 0 Å². The number of allylic oxidation sites excluding steroid dienone is 1. The van der Waals surface area contributed by atoms with Crippen molar-refractivity contribution in [3.05, 3.63) is 147 Å². The molecule has 0 radical (unpaired) electrons. The third-order valence-corrected chi connectivity index (χ3v) is 9.31. The van der Waals surface area contributed by atoms with Crippen molar-refractivity contribution >= 4 is 40.4 Å². The summed E-state index contributed by atoms with van der Waals surface area (Å²) < 4.78 is 8.35. The second-order valence-electron chi connectivity index (χ2n) is 10.6. The lowest BCUT2D eigenvalue weighted by molar-refractivity contribution is -0.385. The lowest BCUT2D eigenvalue weighted by Gasteiger charge is -2.30. The number of nitro groups is 1. The number of benzene rings is 3. The summed E-state index contributed by atoms with van der Waals surface area (Å²) >= 11 is 7.54. The van der Waals surface area contributed by atoms with Crippen LogP contribution in [0.15, 0.2) is 92.6 Å². The molecule has 2 aromatic heterocycles. The Hall–Kier alpha value is -4.53. The number of aromatic nitrogens is 1. The molecule has 2 aliphatic rings. The van der Waals surface area contributed by atoms with E-state index in [-0.39, 0.29) is 22.2 Å². The standard InChI is InChI=1S/C33H24ClN3O4S/c1-18-15-22(16-27(19(18)2)37(39)40)28-14-12-24(41-28)17-29-32(38)36-31(21-7-10-23(34)11-8-21)26-13-9-20-5-3-4-6-25(20)30(26)35-33(36)42-29/h3-8,10-12,14-17,31H,9,13H2,1-2H3/b29-17+/t31-/m0/s1. The topological polar surface area (TPSA) is 90.6 Å². The van der Waals surface area contributed by atoms with Crippen LogP contribution in [0.3, 0.4) is 0 Å². The predicted molar refractivity (Wildman–Crippen MR) is 164 cm³/mol. The van der Waals surface area contributed by atoms with Crippen LogP contribution in [0.1, 0.15) is 46.0 Å². The van der Waals surface area contributed by atoms with Gasteiger partial charge >= 0.3 is 0 Å². The molecule has 1 atom stereocenters. The van der Waals surface area contributed by atoms with Gasteiger partial charge in [0.25, 0.3) is 11.2 Å². The molecule has 0 saturated carbocycles. The van der Waals surface area contributed by atoms with Crippen LogP contribution in [0, 0.1) is 24.0 Å². The average Bonchev–Trinajstić information content (AvgIpc) is 3.58. The summed E-state index contributed by atoms with van der Waals surface area (Å²) in [5, 5.41) is 12.2. The molecule has 9 heteroatoms. The summed E-state index contributed by atoms with van der Waals surface area (Å²) in [5.41, 5.74) is 7.32. The van der Waals surface area contributed by atoms with Gasteiger partial charge in [-0.05, 0) is 79.3 Å². The number of nitrogens with zero attached hydrogens (tertiary/aromatic N) is 3. The predicted octanol–water partition coefficient (Wildman–Crippen LogP) is 6.76. The summed E-state index contributed by atoms with van der Waals surface area (Å²) in [7, 11) is 0. The van der Waals surface area contributed by atoms with Crippen LogP contribution in [0.2, 0.25) is 5.02 Å². The van der Waals surface area contributed by atoms with E-state index in [0.717, 1.165) is 40.8 Å². The molecule has 3 heterocycles. The van der Waals surface area contributed by atoms with Gasteiger partial charge in [0, 0.05) is 33.9 Å². The minimum absolute atomic E-state index is 0.0454. The van der Waals surface area contributed by atoms with Crippen molar-refractivity contribution in [2.45, 2.75) is 32.7 Å². The molecule has 1 aliphatic heterocycles. The Morgan fingerprint density at radius 2 is 1.86 bits per heavy atom. The average molecular weight is 594 g/mol. The maximum Gasteiger partial charge on any atom is 0.273 e. The highest BCUT2D eigenvalue weighted by atomic mass is 35.5. The number of hydrogen-bond donors (Lipinski definition) is 0. The molecule has 208 valence electrons. The van der Waals surface area contributed by atoms with E-state index in [9.17, 15) is 14.9 Å². The molecule has 0 unspecified atom stereocenters. The molecule has 3 aromatic carbocycles. The van der Waals surface area contributed by atoms with Crippen molar-refractivity contribution in [1.29, 1.82) is 0 Å². The van der Waals surface area contributed by atoms with Gasteiger partial charge in [-0.1, -0.05) is 59.3 Å². The normalized spacial score (nSPS) is 16.1. The first-order chi connectivity index (χ1) is 20.3. The Labute approximate surface area is 249 Å². The molecular weight excluding hydrogens is 570 g/mol. The summed E-state index contributed by atoms with van der Waals surface area (Å²) in [6, 6.07) is 22.6.